The Morgan fingerprint density at radius 2 is 1.74 bits per heavy atom. The first-order valence-electron chi connectivity index (χ1n) is 7.15. The zero-order chi connectivity index (χ0) is 13.8. The van der Waals surface area contributed by atoms with Crippen molar-refractivity contribution in [3.05, 3.63) is 29.8 Å². The number of anilines is 1. The second-order valence-corrected chi connectivity index (χ2v) is 5.81. The lowest BCUT2D eigenvalue weighted by Crippen LogP contribution is -2.29. The van der Waals surface area contributed by atoms with Crippen molar-refractivity contribution in [2.24, 2.45) is 5.92 Å². The van der Waals surface area contributed by atoms with Crippen molar-refractivity contribution < 1.29 is 9.90 Å². The Hall–Kier alpha value is -1.51. The Balaban J connectivity index is 1.87. The second-order valence-electron chi connectivity index (χ2n) is 5.81. The third-order valence-corrected chi connectivity index (χ3v) is 4.02. The first-order chi connectivity index (χ1) is 9.06. The minimum absolute atomic E-state index is 0.138. The number of carboxylic acids is 1. The van der Waals surface area contributed by atoms with Gasteiger partial charge in [-0.1, -0.05) is 26.0 Å². The molecule has 1 fully saturated rings. The van der Waals surface area contributed by atoms with Gasteiger partial charge in [0, 0.05) is 11.7 Å². The highest BCUT2D eigenvalue weighted by Gasteiger charge is 2.25. The van der Waals surface area contributed by atoms with E-state index >= 15 is 0 Å². The minimum atomic E-state index is -0.639. The quantitative estimate of drug-likeness (QED) is 0.865. The maximum absolute atomic E-state index is 10.9. The fraction of sp³-hybridized carbons (Fsp3) is 0.562. The molecule has 1 aliphatic rings. The van der Waals surface area contributed by atoms with E-state index in [0.717, 1.165) is 31.4 Å². The summed E-state index contributed by atoms with van der Waals surface area (Å²) in [5.74, 6) is -0.221. The summed E-state index contributed by atoms with van der Waals surface area (Å²) in [5, 5.41) is 12.5. The normalized spacial score (nSPS) is 23.3. The molecule has 19 heavy (non-hydrogen) atoms. The summed E-state index contributed by atoms with van der Waals surface area (Å²) in [4.78, 5) is 10.9. The highest BCUT2D eigenvalue weighted by atomic mass is 16.4. The Bertz CT molecular complexity index is 417. The molecule has 104 valence electrons. The smallest absolute Gasteiger partial charge is 0.306 e. The van der Waals surface area contributed by atoms with E-state index in [2.05, 4.69) is 43.4 Å². The zero-order valence-electron chi connectivity index (χ0n) is 11.7. The Morgan fingerprint density at radius 3 is 2.21 bits per heavy atom. The summed E-state index contributed by atoms with van der Waals surface area (Å²) in [6, 6.07) is 8.99. The summed E-state index contributed by atoms with van der Waals surface area (Å²) >= 11 is 0. The SMILES string of the molecule is CC(C)c1ccc(NC2CCC(C(=O)O)CC2)cc1. The summed E-state index contributed by atoms with van der Waals surface area (Å²) in [6.07, 6.45) is 3.47. The number of carbonyl (C=O) groups is 1. The van der Waals surface area contributed by atoms with Crippen LogP contribution in [-0.2, 0) is 4.79 Å². The van der Waals surface area contributed by atoms with Crippen molar-refractivity contribution >= 4 is 11.7 Å². The Kier molecular flexibility index (Phi) is 4.46. The van der Waals surface area contributed by atoms with E-state index in [1.807, 2.05) is 0 Å². The van der Waals surface area contributed by atoms with Gasteiger partial charge in [-0.3, -0.25) is 4.79 Å². The fourth-order valence-electron chi connectivity index (χ4n) is 2.68. The first kappa shape index (κ1) is 13.9. The van der Waals surface area contributed by atoms with Gasteiger partial charge in [-0.2, -0.15) is 0 Å². The van der Waals surface area contributed by atoms with E-state index in [1.54, 1.807) is 0 Å². The Labute approximate surface area is 115 Å². The highest BCUT2D eigenvalue weighted by molar-refractivity contribution is 5.70. The molecule has 3 heteroatoms. The fourth-order valence-corrected chi connectivity index (χ4v) is 2.68. The molecule has 0 heterocycles. The molecular weight excluding hydrogens is 238 g/mol. The first-order valence-corrected chi connectivity index (χ1v) is 7.15. The number of rotatable bonds is 4. The monoisotopic (exact) mass is 261 g/mol. The predicted molar refractivity (Wildman–Crippen MR) is 77.5 cm³/mol. The molecule has 0 spiro atoms. The summed E-state index contributed by atoms with van der Waals surface area (Å²) in [7, 11) is 0. The molecule has 1 aromatic carbocycles. The van der Waals surface area contributed by atoms with Crippen molar-refractivity contribution in [1.82, 2.24) is 0 Å². The molecule has 0 bridgehead atoms. The van der Waals surface area contributed by atoms with E-state index in [1.165, 1.54) is 5.56 Å². The van der Waals surface area contributed by atoms with Crippen LogP contribution in [0.15, 0.2) is 24.3 Å². The minimum Gasteiger partial charge on any atom is -0.481 e. The molecule has 2 N–H and O–H groups in total. The van der Waals surface area contributed by atoms with Crippen molar-refractivity contribution in [3.8, 4) is 0 Å². The summed E-state index contributed by atoms with van der Waals surface area (Å²) < 4.78 is 0. The van der Waals surface area contributed by atoms with E-state index in [0.29, 0.717) is 12.0 Å². The predicted octanol–water partition coefficient (Wildman–Crippen LogP) is 3.87. The molecule has 0 aromatic heterocycles. The van der Waals surface area contributed by atoms with Gasteiger partial charge in [-0.05, 0) is 49.3 Å². The molecule has 0 radical (unpaired) electrons. The summed E-state index contributed by atoms with van der Waals surface area (Å²) in [6.45, 7) is 4.38. The number of aliphatic carboxylic acids is 1. The molecular formula is C16H23NO2. The van der Waals surface area contributed by atoms with E-state index in [9.17, 15) is 4.79 Å². The van der Waals surface area contributed by atoms with Gasteiger partial charge >= 0.3 is 5.97 Å². The van der Waals surface area contributed by atoms with Crippen molar-refractivity contribution in [3.63, 3.8) is 0 Å². The van der Waals surface area contributed by atoms with Crippen molar-refractivity contribution in [1.29, 1.82) is 0 Å². The van der Waals surface area contributed by atoms with Crippen LogP contribution >= 0.6 is 0 Å². The van der Waals surface area contributed by atoms with Crippen LogP contribution < -0.4 is 5.32 Å². The molecule has 3 nitrogen and oxygen atoms in total. The lowest BCUT2D eigenvalue weighted by atomic mass is 9.86. The lowest BCUT2D eigenvalue weighted by Gasteiger charge is -2.27. The van der Waals surface area contributed by atoms with Crippen molar-refractivity contribution in [2.75, 3.05) is 5.32 Å². The van der Waals surface area contributed by atoms with Gasteiger partial charge in [-0.15, -0.1) is 0 Å². The van der Waals surface area contributed by atoms with Gasteiger partial charge in [0.2, 0.25) is 0 Å². The van der Waals surface area contributed by atoms with Crippen LogP contribution in [-0.4, -0.2) is 17.1 Å². The second kappa shape index (κ2) is 6.09. The third kappa shape index (κ3) is 3.72. The molecule has 0 saturated heterocycles. The van der Waals surface area contributed by atoms with Crippen LogP contribution in [0.1, 0.15) is 51.0 Å². The Morgan fingerprint density at radius 1 is 1.16 bits per heavy atom. The van der Waals surface area contributed by atoms with Crippen molar-refractivity contribution in [2.45, 2.75) is 51.5 Å². The molecule has 0 amide bonds. The van der Waals surface area contributed by atoms with Gasteiger partial charge in [0.15, 0.2) is 0 Å². The molecule has 1 aromatic rings. The van der Waals surface area contributed by atoms with E-state index < -0.39 is 5.97 Å². The molecule has 0 atom stereocenters. The van der Waals surface area contributed by atoms with Crippen LogP contribution in [0.4, 0.5) is 5.69 Å². The average Bonchev–Trinajstić information content (AvgIpc) is 2.40. The maximum Gasteiger partial charge on any atom is 0.306 e. The van der Waals surface area contributed by atoms with Crippen LogP contribution in [0.3, 0.4) is 0 Å². The van der Waals surface area contributed by atoms with Gasteiger partial charge in [0.05, 0.1) is 5.92 Å². The van der Waals surface area contributed by atoms with E-state index in [4.69, 9.17) is 5.11 Å². The maximum atomic E-state index is 10.9. The zero-order valence-corrected chi connectivity index (χ0v) is 11.7. The molecule has 1 aliphatic carbocycles. The van der Waals surface area contributed by atoms with Gasteiger partial charge < -0.3 is 10.4 Å². The van der Waals surface area contributed by atoms with Gasteiger partial charge in [0.25, 0.3) is 0 Å². The van der Waals surface area contributed by atoms with Crippen LogP contribution in [0.5, 0.6) is 0 Å². The number of hydrogen-bond donors (Lipinski definition) is 2. The molecule has 1 saturated carbocycles. The number of hydrogen-bond acceptors (Lipinski definition) is 2. The third-order valence-electron chi connectivity index (χ3n) is 4.02. The topological polar surface area (TPSA) is 49.3 Å². The lowest BCUT2D eigenvalue weighted by molar-refractivity contribution is -0.142. The van der Waals surface area contributed by atoms with Crippen LogP contribution in [0.2, 0.25) is 0 Å². The highest BCUT2D eigenvalue weighted by Crippen LogP contribution is 2.27. The summed E-state index contributed by atoms with van der Waals surface area (Å²) in [5.41, 5.74) is 2.49. The van der Waals surface area contributed by atoms with Crippen LogP contribution in [0, 0.1) is 5.92 Å². The number of benzene rings is 1. The number of carboxylic acid groups (broad SMARTS) is 1. The van der Waals surface area contributed by atoms with Gasteiger partial charge in [-0.25, -0.2) is 0 Å². The molecule has 2 rings (SSSR count). The molecule has 0 aliphatic heterocycles. The largest absolute Gasteiger partial charge is 0.481 e. The van der Waals surface area contributed by atoms with Gasteiger partial charge in [0.1, 0.15) is 0 Å². The van der Waals surface area contributed by atoms with E-state index in [-0.39, 0.29) is 5.92 Å². The molecule has 0 unspecified atom stereocenters. The van der Waals surface area contributed by atoms with Crippen LogP contribution in [0.25, 0.3) is 0 Å². The average molecular weight is 261 g/mol. The standard InChI is InChI=1S/C16H23NO2/c1-11(2)12-3-7-14(8-4-12)17-15-9-5-13(6-10-15)16(18)19/h3-4,7-8,11,13,15,17H,5-6,9-10H2,1-2H3,(H,18,19). The number of nitrogens with one attached hydrogen (secondary N) is 1.